The van der Waals surface area contributed by atoms with Crippen molar-refractivity contribution in [3.8, 4) is 0 Å². The fraction of sp³-hybridized carbons (Fsp3) is 0.923. The number of carbonyl (C=O) groups is 1. The minimum Gasteiger partial charge on any atom is -0.300 e. The van der Waals surface area contributed by atoms with Crippen molar-refractivity contribution in [2.75, 3.05) is 0 Å². The Morgan fingerprint density at radius 3 is 2.71 bits per heavy atom. The molecule has 3 atom stereocenters. The second-order valence-corrected chi connectivity index (χ2v) is 6.14. The summed E-state index contributed by atoms with van der Waals surface area (Å²) in [6.45, 7) is 2.39. The minimum absolute atomic E-state index is 0.474. The molecule has 1 heteroatoms. The van der Waals surface area contributed by atoms with E-state index in [1.807, 2.05) is 0 Å². The maximum atomic E-state index is 11.6. The van der Waals surface area contributed by atoms with Gasteiger partial charge in [0.05, 0.1) is 0 Å². The Hall–Kier alpha value is -0.330. The number of ketones is 1. The summed E-state index contributed by atoms with van der Waals surface area (Å²) < 4.78 is 0. The molecule has 0 saturated heterocycles. The molecule has 78 valence electrons. The monoisotopic (exact) mass is 192 g/mol. The number of hydrogen-bond acceptors (Lipinski definition) is 1. The topological polar surface area (TPSA) is 17.1 Å². The first-order chi connectivity index (χ1) is 6.66. The summed E-state index contributed by atoms with van der Waals surface area (Å²) in [5.41, 5.74) is 1.09. The Morgan fingerprint density at radius 2 is 1.86 bits per heavy atom. The van der Waals surface area contributed by atoms with Crippen LogP contribution in [0.1, 0.15) is 58.3 Å². The van der Waals surface area contributed by atoms with Gasteiger partial charge in [-0.3, -0.25) is 4.79 Å². The highest BCUT2D eigenvalue weighted by molar-refractivity contribution is 5.80. The van der Waals surface area contributed by atoms with Gasteiger partial charge in [0, 0.05) is 12.8 Å². The molecule has 1 nitrogen and oxygen atoms in total. The van der Waals surface area contributed by atoms with Crippen LogP contribution in [0.5, 0.6) is 0 Å². The first-order valence-corrected chi connectivity index (χ1v) is 6.18. The molecule has 0 aromatic rings. The Labute approximate surface area is 86.3 Å². The highest BCUT2D eigenvalue weighted by Crippen LogP contribution is 2.69. The van der Waals surface area contributed by atoms with E-state index in [1.165, 1.54) is 38.5 Å². The molecule has 3 rings (SSSR count). The normalized spacial score (nSPS) is 51.8. The standard InChI is InChI=1S/C13H20O/c1-10-7-12-4-2-5-13(12,8-10)9-11(14)3-6-12/h10H,2-9H2,1H3/t10-,12-,13-/m0/s1. The van der Waals surface area contributed by atoms with Crippen LogP contribution in [-0.4, -0.2) is 5.78 Å². The van der Waals surface area contributed by atoms with Crippen LogP contribution in [0.2, 0.25) is 0 Å². The summed E-state index contributed by atoms with van der Waals surface area (Å²) >= 11 is 0. The maximum absolute atomic E-state index is 11.6. The van der Waals surface area contributed by atoms with Crippen LogP contribution in [0.3, 0.4) is 0 Å². The average Bonchev–Trinajstić information content (AvgIpc) is 2.54. The molecule has 0 unspecified atom stereocenters. The lowest BCUT2D eigenvalue weighted by Crippen LogP contribution is -2.39. The summed E-state index contributed by atoms with van der Waals surface area (Å²) in [6.07, 6.45) is 9.95. The van der Waals surface area contributed by atoms with E-state index in [2.05, 4.69) is 6.92 Å². The van der Waals surface area contributed by atoms with E-state index in [4.69, 9.17) is 0 Å². The Balaban J connectivity index is 2.00. The van der Waals surface area contributed by atoms with E-state index < -0.39 is 0 Å². The van der Waals surface area contributed by atoms with Gasteiger partial charge in [-0.25, -0.2) is 0 Å². The van der Waals surface area contributed by atoms with E-state index in [0.717, 1.165) is 18.8 Å². The van der Waals surface area contributed by atoms with E-state index >= 15 is 0 Å². The fourth-order valence-electron chi connectivity index (χ4n) is 5.02. The quantitative estimate of drug-likeness (QED) is 0.575. The highest BCUT2D eigenvalue weighted by atomic mass is 16.1. The largest absolute Gasteiger partial charge is 0.300 e. The summed E-state index contributed by atoms with van der Waals surface area (Å²) in [5, 5.41) is 0. The predicted octanol–water partition coefficient (Wildman–Crippen LogP) is 3.33. The molecule has 3 aliphatic carbocycles. The van der Waals surface area contributed by atoms with Crippen LogP contribution in [-0.2, 0) is 4.79 Å². The third-order valence-corrected chi connectivity index (χ3v) is 5.33. The second-order valence-electron chi connectivity index (χ2n) is 6.14. The fourth-order valence-corrected chi connectivity index (χ4v) is 5.02. The molecule has 14 heavy (non-hydrogen) atoms. The van der Waals surface area contributed by atoms with E-state index in [-0.39, 0.29) is 0 Å². The summed E-state index contributed by atoms with van der Waals surface area (Å²) in [6, 6.07) is 0. The molecule has 0 spiro atoms. The van der Waals surface area contributed by atoms with Crippen LogP contribution in [0.25, 0.3) is 0 Å². The van der Waals surface area contributed by atoms with Crippen LogP contribution >= 0.6 is 0 Å². The van der Waals surface area contributed by atoms with Gasteiger partial charge in [0.25, 0.3) is 0 Å². The lowest BCUT2D eigenvalue weighted by molar-refractivity contribution is -0.127. The zero-order valence-corrected chi connectivity index (χ0v) is 9.14. The molecule has 0 bridgehead atoms. The number of carbonyl (C=O) groups excluding carboxylic acids is 1. The van der Waals surface area contributed by atoms with Crippen molar-refractivity contribution in [2.24, 2.45) is 16.7 Å². The Morgan fingerprint density at radius 1 is 1.14 bits per heavy atom. The zero-order valence-electron chi connectivity index (χ0n) is 9.14. The molecular weight excluding hydrogens is 172 g/mol. The summed E-state index contributed by atoms with van der Waals surface area (Å²) in [4.78, 5) is 11.6. The van der Waals surface area contributed by atoms with Gasteiger partial charge in [-0.15, -0.1) is 0 Å². The molecule has 3 saturated carbocycles. The van der Waals surface area contributed by atoms with Crippen molar-refractivity contribution < 1.29 is 4.79 Å². The van der Waals surface area contributed by atoms with Crippen LogP contribution in [0.4, 0.5) is 0 Å². The van der Waals surface area contributed by atoms with E-state index in [1.54, 1.807) is 0 Å². The Bertz CT molecular complexity index is 283. The maximum Gasteiger partial charge on any atom is 0.133 e. The summed E-state index contributed by atoms with van der Waals surface area (Å²) in [7, 11) is 0. The lowest BCUT2D eigenvalue weighted by atomic mass is 9.59. The molecule has 0 aromatic heterocycles. The van der Waals surface area contributed by atoms with Gasteiger partial charge < -0.3 is 0 Å². The third kappa shape index (κ3) is 0.936. The van der Waals surface area contributed by atoms with Gasteiger partial charge in [0.2, 0.25) is 0 Å². The predicted molar refractivity (Wildman–Crippen MR) is 56.0 cm³/mol. The van der Waals surface area contributed by atoms with Gasteiger partial charge in [-0.05, 0) is 48.9 Å². The molecule has 0 aromatic carbocycles. The van der Waals surface area contributed by atoms with Crippen molar-refractivity contribution in [1.82, 2.24) is 0 Å². The third-order valence-electron chi connectivity index (χ3n) is 5.33. The molecule has 3 aliphatic rings. The minimum atomic E-state index is 0.474. The molecule has 0 radical (unpaired) electrons. The van der Waals surface area contributed by atoms with Crippen molar-refractivity contribution >= 4 is 5.78 Å². The van der Waals surface area contributed by atoms with Crippen molar-refractivity contribution in [1.29, 1.82) is 0 Å². The van der Waals surface area contributed by atoms with Gasteiger partial charge in [0.1, 0.15) is 5.78 Å². The molecule has 0 heterocycles. The van der Waals surface area contributed by atoms with Crippen molar-refractivity contribution in [2.45, 2.75) is 58.3 Å². The number of rotatable bonds is 0. The molecule has 0 N–H and O–H groups in total. The molecule has 0 aliphatic heterocycles. The molecule has 3 fully saturated rings. The van der Waals surface area contributed by atoms with Gasteiger partial charge >= 0.3 is 0 Å². The van der Waals surface area contributed by atoms with Crippen LogP contribution in [0.15, 0.2) is 0 Å². The van der Waals surface area contributed by atoms with Crippen molar-refractivity contribution in [3.05, 3.63) is 0 Å². The van der Waals surface area contributed by atoms with Crippen LogP contribution < -0.4 is 0 Å². The molecular formula is C13H20O. The zero-order chi connectivity index (χ0) is 9.81. The highest BCUT2D eigenvalue weighted by Gasteiger charge is 2.61. The van der Waals surface area contributed by atoms with Crippen LogP contribution in [0, 0.1) is 16.7 Å². The number of Topliss-reactive ketones (excluding diaryl/α,β-unsaturated/α-hetero) is 1. The number of hydrogen-bond donors (Lipinski definition) is 0. The first kappa shape index (κ1) is 8.94. The van der Waals surface area contributed by atoms with E-state index in [0.29, 0.717) is 16.6 Å². The second kappa shape index (κ2) is 2.62. The summed E-state index contributed by atoms with van der Waals surface area (Å²) in [5.74, 6) is 1.43. The molecule has 0 amide bonds. The smallest absolute Gasteiger partial charge is 0.133 e. The van der Waals surface area contributed by atoms with Gasteiger partial charge in [0.15, 0.2) is 0 Å². The SMILES string of the molecule is C[C@H]1C[C@@]23CCC[C@@]2(CC(=O)CC3)C1. The van der Waals surface area contributed by atoms with Gasteiger partial charge in [-0.2, -0.15) is 0 Å². The Kier molecular flexibility index (Phi) is 1.67. The average molecular weight is 192 g/mol. The lowest BCUT2D eigenvalue weighted by Gasteiger charge is -2.44. The first-order valence-electron chi connectivity index (χ1n) is 6.18. The van der Waals surface area contributed by atoms with Crippen molar-refractivity contribution in [3.63, 3.8) is 0 Å². The van der Waals surface area contributed by atoms with Gasteiger partial charge in [-0.1, -0.05) is 13.3 Å². The van der Waals surface area contributed by atoms with E-state index in [9.17, 15) is 4.79 Å².